The number of fused-ring (bicyclic) bond motifs is 1. The molecule has 0 aromatic heterocycles. The average molecular weight is 380 g/mol. The highest BCUT2D eigenvalue weighted by molar-refractivity contribution is 6.22. The normalized spacial score (nSPS) is 13.0. The van der Waals surface area contributed by atoms with E-state index in [1.165, 1.54) is 4.90 Å². The molecule has 0 saturated carbocycles. The SMILES string of the molecule is CC(C)CN1C(=O)c2ccc(NC(=O)Nc3ccc(N(C)C)cc3)cc2C1=O. The zero-order valence-electron chi connectivity index (χ0n) is 16.4. The Morgan fingerprint density at radius 3 is 2.11 bits per heavy atom. The van der Waals surface area contributed by atoms with E-state index < -0.39 is 6.03 Å². The minimum absolute atomic E-state index is 0.185. The molecule has 28 heavy (non-hydrogen) atoms. The Hall–Kier alpha value is -3.35. The second kappa shape index (κ2) is 7.72. The Morgan fingerprint density at radius 2 is 1.50 bits per heavy atom. The Labute approximate surface area is 164 Å². The lowest BCUT2D eigenvalue weighted by molar-refractivity contribution is 0.0636. The highest BCUT2D eigenvalue weighted by Gasteiger charge is 2.35. The minimum atomic E-state index is -0.423. The standard InChI is InChI=1S/C21H24N4O3/c1-13(2)12-25-19(26)17-10-7-15(11-18(17)20(25)27)23-21(28)22-14-5-8-16(9-6-14)24(3)4/h5-11,13H,12H2,1-4H3,(H2,22,23,28). The number of rotatable bonds is 5. The summed E-state index contributed by atoms with van der Waals surface area (Å²) >= 11 is 0. The van der Waals surface area contributed by atoms with E-state index in [2.05, 4.69) is 10.6 Å². The van der Waals surface area contributed by atoms with Crippen LogP contribution in [-0.4, -0.2) is 43.4 Å². The zero-order chi connectivity index (χ0) is 20.4. The summed E-state index contributed by atoms with van der Waals surface area (Å²) in [6.45, 7) is 4.27. The number of hydrogen-bond acceptors (Lipinski definition) is 4. The van der Waals surface area contributed by atoms with Crippen molar-refractivity contribution in [2.45, 2.75) is 13.8 Å². The van der Waals surface area contributed by atoms with Crippen LogP contribution in [0.2, 0.25) is 0 Å². The Kier molecular flexibility index (Phi) is 5.35. The van der Waals surface area contributed by atoms with E-state index in [0.717, 1.165) is 5.69 Å². The molecule has 2 aromatic carbocycles. The van der Waals surface area contributed by atoms with Crippen LogP contribution in [-0.2, 0) is 0 Å². The molecule has 0 saturated heterocycles. The van der Waals surface area contributed by atoms with Gasteiger partial charge in [-0.2, -0.15) is 0 Å². The molecule has 0 radical (unpaired) electrons. The molecule has 0 fully saturated rings. The fourth-order valence-electron chi connectivity index (χ4n) is 3.04. The molecule has 7 heteroatoms. The molecule has 2 N–H and O–H groups in total. The number of carbonyl (C=O) groups excluding carboxylic acids is 3. The quantitative estimate of drug-likeness (QED) is 0.776. The maximum absolute atomic E-state index is 12.5. The van der Waals surface area contributed by atoms with Gasteiger partial charge in [0.15, 0.2) is 0 Å². The van der Waals surface area contributed by atoms with Gasteiger partial charge in [-0.15, -0.1) is 0 Å². The second-order valence-corrected chi connectivity index (χ2v) is 7.40. The topological polar surface area (TPSA) is 81.8 Å². The monoisotopic (exact) mass is 380 g/mol. The molecular weight excluding hydrogens is 356 g/mol. The Morgan fingerprint density at radius 1 is 0.929 bits per heavy atom. The van der Waals surface area contributed by atoms with E-state index in [1.807, 2.05) is 57.1 Å². The van der Waals surface area contributed by atoms with Gasteiger partial charge in [-0.3, -0.25) is 14.5 Å². The van der Waals surface area contributed by atoms with Gasteiger partial charge in [0, 0.05) is 37.7 Å². The zero-order valence-corrected chi connectivity index (χ0v) is 16.4. The van der Waals surface area contributed by atoms with E-state index in [0.29, 0.717) is 29.0 Å². The van der Waals surface area contributed by atoms with Crippen LogP contribution in [0.3, 0.4) is 0 Å². The lowest BCUT2D eigenvalue weighted by Crippen LogP contribution is -2.33. The third-order valence-corrected chi connectivity index (χ3v) is 4.42. The molecule has 0 unspecified atom stereocenters. The van der Waals surface area contributed by atoms with Crippen LogP contribution < -0.4 is 15.5 Å². The number of carbonyl (C=O) groups is 3. The van der Waals surface area contributed by atoms with Gasteiger partial charge in [0.25, 0.3) is 11.8 Å². The molecule has 2 aromatic rings. The van der Waals surface area contributed by atoms with Crippen molar-refractivity contribution < 1.29 is 14.4 Å². The molecular formula is C21H24N4O3. The van der Waals surface area contributed by atoms with Crippen molar-refractivity contribution in [3.05, 3.63) is 53.6 Å². The fraction of sp³-hybridized carbons (Fsp3) is 0.286. The molecule has 1 aliphatic rings. The van der Waals surface area contributed by atoms with Crippen molar-refractivity contribution in [2.24, 2.45) is 5.92 Å². The van der Waals surface area contributed by atoms with Gasteiger partial charge in [0.1, 0.15) is 0 Å². The maximum atomic E-state index is 12.5. The molecule has 7 nitrogen and oxygen atoms in total. The summed E-state index contributed by atoms with van der Waals surface area (Å²) in [5.74, 6) is -0.424. The molecule has 3 rings (SSSR count). The number of imide groups is 1. The molecule has 0 bridgehead atoms. The van der Waals surface area contributed by atoms with Crippen molar-refractivity contribution in [3.63, 3.8) is 0 Å². The van der Waals surface area contributed by atoms with Crippen LogP contribution in [0.1, 0.15) is 34.6 Å². The van der Waals surface area contributed by atoms with Crippen molar-refractivity contribution in [1.82, 2.24) is 4.90 Å². The van der Waals surface area contributed by atoms with Crippen molar-refractivity contribution in [1.29, 1.82) is 0 Å². The van der Waals surface area contributed by atoms with Crippen LogP contribution in [0.4, 0.5) is 21.9 Å². The fourth-order valence-corrected chi connectivity index (χ4v) is 3.04. The highest BCUT2D eigenvalue weighted by atomic mass is 16.2. The highest BCUT2D eigenvalue weighted by Crippen LogP contribution is 2.26. The van der Waals surface area contributed by atoms with Crippen LogP contribution in [0.15, 0.2) is 42.5 Å². The Balaban J connectivity index is 1.69. The van der Waals surface area contributed by atoms with Crippen molar-refractivity contribution in [3.8, 4) is 0 Å². The molecule has 0 aliphatic carbocycles. The summed E-state index contributed by atoms with van der Waals surface area (Å²) in [4.78, 5) is 40.4. The number of benzene rings is 2. The molecule has 0 atom stereocenters. The van der Waals surface area contributed by atoms with Gasteiger partial charge in [-0.25, -0.2) is 4.79 Å². The van der Waals surface area contributed by atoms with Crippen molar-refractivity contribution >= 4 is 34.9 Å². The predicted molar refractivity (Wildman–Crippen MR) is 110 cm³/mol. The number of amides is 4. The van der Waals surface area contributed by atoms with E-state index in [9.17, 15) is 14.4 Å². The summed E-state index contributed by atoms with van der Waals surface area (Å²) in [6.07, 6.45) is 0. The van der Waals surface area contributed by atoms with E-state index >= 15 is 0 Å². The van der Waals surface area contributed by atoms with Gasteiger partial charge >= 0.3 is 6.03 Å². The minimum Gasteiger partial charge on any atom is -0.378 e. The smallest absolute Gasteiger partial charge is 0.323 e. The average Bonchev–Trinajstić information content (AvgIpc) is 2.86. The first-order valence-corrected chi connectivity index (χ1v) is 9.12. The van der Waals surface area contributed by atoms with Crippen LogP contribution in [0.25, 0.3) is 0 Å². The number of nitrogens with one attached hydrogen (secondary N) is 2. The Bertz CT molecular complexity index is 920. The summed E-state index contributed by atoms with van der Waals surface area (Å²) in [7, 11) is 3.88. The number of urea groups is 1. The van der Waals surface area contributed by atoms with E-state index in [-0.39, 0.29) is 17.7 Å². The van der Waals surface area contributed by atoms with Gasteiger partial charge in [-0.05, 0) is 48.4 Å². The summed E-state index contributed by atoms with van der Waals surface area (Å²) in [5, 5.41) is 5.45. The van der Waals surface area contributed by atoms with Crippen LogP contribution >= 0.6 is 0 Å². The number of hydrogen-bond donors (Lipinski definition) is 2. The third kappa shape index (κ3) is 3.98. The maximum Gasteiger partial charge on any atom is 0.323 e. The molecule has 1 heterocycles. The van der Waals surface area contributed by atoms with Crippen molar-refractivity contribution in [2.75, 3.05) is 36.2 Å². The molecule has 1 aliphatic heterocycles. The van der Waals surface area contributed by atoms with E-state index in [1.54, 1.807) is 18.2 Å². The summed E-state index contributed by atoms with van der Waals surface area (Å²) in [6, 6.07) is 11.7. The first-order chi connectivity index (χ1) is 13.3. The van der Waals surface area contributed by atoms with Crippen LogP contribution in [0.5, 0.6) is 0 Å². The first kappa shape index (κ1) is 19.4. The molecule has 146 valence electrons. The predicted octanol–water partition coefficient (Wildman–Crippen LogP) is 3.65. The largest absolute Gasteiger partial charge is 0.378 e. The van der Waals surface area contributed by atoms with Gasteiger partial charge in [-0.1, -0.05) is 13.8 Å². The molecule has 4 amide bonds. The lowest BCUT2D eigenvalue weighted by atomic mass is 10.1. The second-order valence-electron chi connectivity index (χ2n) is 7.40. The summed E-state index contributed by atoms with van der Waals surface area (Å²) in [5.41, 5.74) is 2.82. The lowest BCUT2D eigenvalue weighted by Gasteiger charge is -2.15. The summed E-state index contributed by atoms with van der Waals surface area (Å²) < 4.78 is 0. The molecule has 0 spiro atoms. The first-order valence-electron chi connectivity index (χ1n) is 9.12. The third-order valence-electron chi connectivity index (χ3n) is 4.42. The van der Waals surface area contributed by atoms with Gasteiger partial charge < -0.3 is 15.5 Å². The number of nitrogens with zero attached hydrogens (tertiary/aromatic N) is 2. The number of anilines is 3. The van der Waals surface area contributed by atoms with Gasteiger partial charge in [0.2, 0.25) is 0 Å². The van der Waals surface area contributed by atoms with Crippen LogP contribution in [0, 0.1) is 5.92 Å². The van der Waals surface area contributed by atoms with Gasteiger partial charge in [0.05, 0.1) is 11.1 Å². The van der Waals surface area contributed by atoms with E-state index in [4.69, 9.17) is 0 Å².